The molecule has 0 aliphatic rings. The second kappa shape index (κ2) is 4.90. The van der Waals surface area contributed by atoms with Crippen molar-refractivity contribution in [2.75, 3.05) is 5.73 Å². The van der Waals surface area contributed by atoms with Crippen molar-refractivity contribution in [2.24, 2.45) is 0 Å². The maximum atomic E-state index is 5.98. The first kappa shape index (κ1) is 12.0. The lowest BCUT2D eigenvalue weighted by Crippen LogP contribution is -1.97. The highest BCUT2D eigenvalue weighted by molar-refractivity contribution is 7.99. The molecule has 0 aliphatic heterocycles. The molecule has 0 atom stereocenters. The van der Waals surface area contributed by atoms with Gasteiger partial charge in [0.15, 0.2) is 5.82 Å². The van der Waals surface area contributed by atoms with Crippen LogP contribution in [0.2, 0.25) is 0 Å². The lowest BCUT2D eigenvalue weighted by molar-refractivity contribution is 1.13. The number of hydrogen-bond acceptors (Lipinski definition) is 4. The zero-order valence-corrected chi connectivity index (χ0v) is 11.3. The predicted molar refractivity (Wildman–Crippen MR) is 79.3 cm³/mol. The highest BCUT2D eigenvalue weighted by atomic mass is 32.2. The van der Waals surface area contributed by atoms with Crippen molar-refractivity contribution in [1.29, 1.82) is 0 Å². The number of rotatable bonds is 2. The highest BCUT2D eigenvalue weighted by Gasteiger charge is 2.07. The third-order valence-corrected chi connectivity index (χ3v) is 3.75. The highest BCUT2D eigenvalue weighted by Crippen LogP contribution is 2.31. The van der Waals surface area contributed by atoms with Crippen LogP contribution in [0.3, 0.4) is 0 Å². The molecule has 0 spiro atoms. The van der Waals surface area contributed by atoms with Gasteiger partial charge < -0.3 is 5.73 Å². The first-order valence-electron chi connectivity index (χ1n) is 5.99. The second-order valence-electron chi connectivity index (χ2n) is 4.32. The Hall–Kier alpha value is -2.07. The van der Waals surface area contributed by atoms with E-state index in [0.29, 0.717) is 5.82 Å². The number of para-hydroxylation sites is 2. The third-order valence-electron chi connectivity index (χ3n) is 2.77. The predicted octanol–water partition coefficient (Wildman–Crippen LogP) is 3.67. The van der Waals surface area contributed by atoms with Crippen LogP contribution in [0.15, 0.2) is 58.5 Å². The van der Waals surface area contributed by atoms with E-state index in [1.165, 1.54) is 5.56 Å². The van der Waals surface area contributed by atoms with E-state index < -0.39 is 0 Å². The van der Waals surface area contributed by atoms with E-state index in [1.54, 1.807) is 11.8 Å². The number of nitrogens with two attached hydrogens (primary N) is 1. The Labute approximate surface area is 115 Å². The number of fused-ring (bicyclic) bond motifs is 1. The molecule has 0 radical (unpaired) electrons. The van der Waals surface area contributed by atoms with Gasteiger partial charge >= 0.3 is 0 Å². The normalized spacial score (nSPS) is 10.8. The lowest BCUT2D eigenvalue weighted by atomic mass is 10.2. The Kier molecular flexibility index (Phi) is 3.09. The molecule has 94 valence electrons. The first-order chi connectivity index (χ1) is 9.22. The van der Waals surface area contributed by atoms with E-state index in [4.69, 9.17) is 5.73 Å². The number of anilines is 1. The smallest absolute Gasteiger partial charge is 0.157 e. The summed E-state index contributed by atoms with van der Waals surface area (Å²) in [4.78, 5) is 10.1. The van der Waals surface area contributed by atoms with Gasteiger partial charge in [-0.15, -0.1) is 0 Å². The Morgan fingerprint density at radius 1 is 0.947 bits per heavy atom. The summed E-state index contributed by atoms with van der Waals surface area (Å²) < 4.78 is 0. The maximum Gasteiger partial charge on any atom is 0.157 e. The van der Waals surface area contributed by atoms with Crippen LogP contribution in [0, 0.1) is 6.92 Å². The molecule has 4 heteroatoms. The summed E-state index contributed by atoms with van der Waals surface area (Å²) >= 11 is 1.54. The average molecular weight is 267 g/mol. The summed E-state index contributed by atoms with van der Waals surface area (Å²) in [7, 11) is 0. The van der Waals surface area contributed by atoms with Gasteiger partial charge in [0.05, 0.1) is 11.0 Å². The fourth-order valence-corrected chi connectivity index (χ4v) is 2.77. The Bertz CT molecular complexity index is 740. The van der Waals surface area contributed by atoms with Crippen LogP contribution in [-0.4, -0.2) is 9.97 Å². The van der Waals surface area contributed by atoms with E-state index in [1.807, 2.05) is 36.4 Å². The molecule has 2 N–H and O–H groups in total. The summed E-state index contributed by atoms with van der Waals surface area (Å²) in [6.45, 7) is 2.07. The Morgan fingerprint density at radius 2 is 1.68 bits per heavy atom. The fraction of sp³-hybridized carbons (Fsp3) is 0.0667. The van der Waals surface area contributed by atoms with Crippen LogP contribution in [0.25, 0.3) is 11.0 Å². The van der Waals surface area contributed by atoms with E-state index >= 15 is 0 Å². The molecule has 0 fully saturated rings. The molecule has 3 rings (SSSR count). The molecule has 3 aromatic rings. The van der Waals surface area contributed by atoms with Gasteiger partial charge in [0.1, 0.15) is 5.03 Å². The van der Waals surface area contributed by atoms with E-state index in [-0.39, 0.29) is 0 Å². The molecule has 0 saturated carbocycles. The van der Waals surface area contributed by atoms with Gasteiger partial charge in [-0.1, -0.05) is 41.6 Å². The van der Waals surface area contributed by atoms with Crippen molar-refractivity contribution >= 4 is 28.6 Å². The number of nitrogens with zero attached hydrogens (tertiary/aromatic N) is 2. The maximum absolute atomic E-state index is 5.98. The molecule has 0 unspecified atom stereocenters. The van der Waals surface area contributed by atoms with Crippen LogP contribution in [0.1, 0.15) is 5.56 Å². The largest absolute Gasteiger partial charge is 0.381 e. The van der Waals surface area contributed by atoms with Gasteiger partial charge in [0.2, 0.25) is 0 Å². The van der Waals surface area contributed by atoms with Crippen molar-refractivity contribution in [2.45, 2.75) is 16.8 Å². The zero-order valence-electron chi connectivity index (χ0n) is 10.5. The van der Waals surface area contributed by atoms with Gasteiger partial charge in [-0.25, -0.2) is 9.97 Å². The monoisotopic (exact) mass is 267 g/mol. The minimum atomic E-state index is 0.477. The van der Waals surface area contributed by atoms with Crippen molar-refractivity contribution in [1.82, 2.24) is 9.97 Å². The summed E-state index contributed by atoms with van der Waals surface area (Å²) in [5.74, 6) is 0.477. The molecule has 0 bridgehead atoms. The standard InChI is InChI=1S/C15H13N3S/c1-10-5-4-6-11(9-10)19-15-14(16)17-12-7-2-3-8-13(12)18-15/h2-9H,1H3,(H2,16,17). The molecule has 0 saturated heterocycles. The minimum absolute atomic E-state index is 0.477. The number of aryl methyl sites for hydroxylation is 1. The van der Waals surface area contributed by atoms with Crippen LogP contribution in [0.4, 0.5) is 5.82 Å². The summed E-state index contributed by atoms with van der Waals surface area (Å²) in [6.07, 6.45) is 0. The summed E-state index contributed by atoms with van der Waals surface area (Å²) in [5.41, 5.74) is 8.89. The van der Waals surface area contributed by atoms with E-state index in [0.717, 1.165) is 21.0 Å². The molecule has 1 heterocycles. The van der Waals surface area contributed by atoms with E-state index in [2.05, 4.69) is 29.0 Å². The van der Waals surface area contributed by atoms with Crippen molar-refractivity contribution in [3.8, 4) is 0 Å². The third kappa shape index (κ3) is 2.53. The van der Waals surface area contributed by atoms with Gasteiger partial charge in [0.25, 0.3) is 0 Å². The van der Waals surface area contributed by atoms with Crippen molar-refractivity contribution < 1.29 is 0 Å². The number of aromatic nitrogens is 2. The average Bonchev–Trinajstić information content (AvgIpc) is 2.40. The summed E-state index contributed by atoms with van der Waals surface area (Å²) in [6, 6.07) is 16.0. The van der Waals surface area contributed by atoms with Crippen LogP contribution in [-0.2, 0) is 0 Å². The number of benzene rings is 2. The topological polar surface area (TPSA) is 51.8 Å². The Morgan fingerprint density at radius 3 is 2.42 bits per heavy atom. The van der Waals surface area contributed by atoms with Crippen LogP contribution in [0.5, 0.6) is 0 Å². The SMILES string of the molecule is Cc1cccc(Sc2nc3ccccc3nc2N)c1. The van der Waals surface area contributed by atoms with Gasteiger partial charge in [-0.3, -0.25) is 0 Å². The molecule has 2 aromatic carbocycles. The quantitative estimate of drug-likeness (QED) is 0.769. The molecule has 19 heavy (non-hydrogen) atoms. The molecule has 0 aliphatic carbocycles. The minimum Gasteiger partial charge on any atom is -0.381 e. The molecular formula is C15H13N3S. The van der Waals surface area contributed by atoms with Gasteiger partial charge in [-0.2, -0.15) is 0 Å². The van der Waals surface area contributed by atoms with Crippen LogP contribution < -0.4 is 5.73 Å². The molecule has 3 nitrogen and oxygen atoms in total. The molecule has 1 aromatic heterocycles. The van der Waals surface area contributed by atoms with Gasteiger partial charge in [0, 0.05) is 4.90 Å². The van der Waals surface area contributed by atoms with Crippen molar-refractivity contribution in [3.05, 3.63) is 54.1 Å². The fourth-order valence-electron chi connectivity index (χ4n) is 1.86. The summed E-state index contributed by atoms with van der Waals surface area (Å²) in [5, 5.41) is 0.754. The number of nitrogen functional groups attached to an aromatic ring is 1. The van der Waals surface area contributed by atoms with Gasteiger partial charge in [-0.05, 0) is 31.2 Å². The lowest BCUT2D eigenvalue weighted by Gasteiger charge is -2.06. The second-order valence-corrected chi connectivity index (χ2v) is 5.38. The van der Waals surface area contributed by atoms with Crippen molar-refractivity contribution in [3.63, 3.8) is 0 Å². The number of hydrogen-bond donors (Lipinski definition) is 1. The van der Waals surface area contributed by atoms with E-state index in [9.17, 15) is 0 Å². The zero-order chi connectivity index (χ0) is 13.2. The molecular weight excluding hydrogens is 254 g/mol. The molecule has 0 amide bonds. The first-order valence-corrected chi connectivity index (χ1v) is 6.81. The Balaban J connectivity index is 2.03. The van der Waals surface area contributed by atoms with Crippen LogP contribution >= 0.6 is 11.8 Å².